The van der Waals surface area contributed by atoms with Crippen molar-refractivity contribution in [2.75, 3.05) is 6.54 Å². The van der Waals surface area contributed by atoms with Crippen molar-refractivity contribution in [1.29, 1.82) is 0 Å². The second-order valence-corrected chi connectivity index (χ2v) is 5.45. The lowest BCUT2D eigenvalue weighted by atomic mass is 10.1. The topological polar surface area (TPSA) is 70.7 Å². The fraction of sp³-hybridized carbons (Fsp3) is 0.118. The number of hydrogen-bond acceptors (Lipinski definition) is 3. The van der Waals surface area contributed by atoms with Gasteiger partial charge < -0.3 is 10.3 Å². The number of aromatic nitrogens is 3. The quantitative estimate of drug-likeness (QED) is 0.761. The minimum atomic E-state index is -0.986. The van der Waals surface area contributed by atoms with Gasteiger partial charge in [0.15, 0.2) is 17.5 Å². The van der Waals surface area contributed by atoms with E-state index in [9.17, 15) is 13.6 Å². The molecule has 1 aromatic carbocycles. The summed E-state index contributed by atoms with van der Waals surface area (Å²) in [5, 5.41) is 2.77. The molecule has 7 heteroatoms. The van der Waals surface area contributed by atoms with Gasteiger partial charge in [-0.05, 0) is 24.3 Å². The standard InChI is InChI=1S/C17H12F2N4O/c18-11-3-1-2-9(15(11)19)16-20-6-5-13(23-16)14-8-10-12(22-14)4-7-21-17(10)24/h1-3,5-6,8,22H,4,7H2,(H,21,24). The smallest absolute Gasteiger partial charge is 0.253 e. The number of carbonyl (C=O) groups is 1. The molecule has 0 saturated carbocycles. The molecule has 3 heterocycles. The minimum absolute atomic E-state index is 0.00841. The Bertz CT molecular complexity index is 952. The Morgan fingerprint density at radius 3 is 2.83 bits per heavy atom. The molecule has 1 aliphatic heterocycles. The summed E-state index contributed by atoms with van der Waals surface area (Å²) < 4.78 is 27.3. The summed E-state index contributed by atoms with van der Waals surface area (Å²) in [5.74, 6) is -1.99. The monoisotopic (exact) mass is 326 g/mol. The molecule has 4 rings (SSSR count). The first-order chi connectivity index (χ1) is 11.6. The predicted molar refractivity (Wildman–Crippen MR) is 83.2 cm³/mol. The van der Waals surface area contributed by atoms with Crippen molar-refractivity contribution in [3.8, 4) is 22.8 Å². The summed E-state index contributed by atoms with van der Waals surface area (Å²) in [6.07, 6.45) is 2.18. The van der Waals surface area contributed by atoms with E-state index in [-0.39, 0.29) is 17.3 Å². The Morgan fingerprint density at radius 2 is 2.00 bits per heavy atom. The Kier molecular flexibility index (Phi) is 3.34. The molecule has 2 N–H and O–H groups in total. The molecule has 24 heavy (non-hydrogen) atoms. The lowest BCUT2D eigenvalue weighted by molar-refractivity contribution is 0.0946. The molecular formula is C17H12F2N4O. The number of nitrogens with one attached hydrogen (secondary N) is 2. The van der Waals surface area contributed by atoms with Crippen LogP contribution in [0.1, 0.15) is 16.1 Å². The first-order valence-corrected chi connectivity index (χ1v) is 7.41. The maximum Gasteiger partial charge on any atom is 0.253 e. The molecule has 2 aromatic heterocycles. The van der Waals surface area contributed by atoms with Crippen LogP contribution in [-0.2, 0) is 6.42 Å². The van der Waals surface area contributed by atoms with E-state index in [0.29, 0.717) is 29.9 Å². The van der Waals surface area contributed by atoms with Crippen molar-refractivity contribution < 1.29 is 13.6 Å². The first-order valence-electron chi connectivity index (χ1n) is 7.41. The van der Waals surface area contributed by atoms with Gasteiger partial charge in [-0.2, -0.15) is 0 Å². The summed E-state index contributed by atoms with van der Waals surface area (Å²) in [4.78, 5) is 23.3. The van der Waals surface area contributed by atoms with Crippen LogP contribution < -0.4 is 5.32 Å². The molecule has 0 saturated heterocycles. The summed E-state index contributed by atoms with van der Waals surface area (Å²) >= 11 is 0. The largest absolute Gasteiger partial charge is 0.356 e. The third kappa shape index (κ3) is 2.34. The molecule has 1 amide bonds. The molecule has 0 radical (unpaired) electrons. The third-order valence-electron chi connectivity index (χ3n) is 3.93. The highest BCUT2D eigenvalue weighted by molar-refractivity contribution is 5.97. The van der Waals surface area contributed by atoms with Gasteiger partial charge in [0.25, 0.3) is 5.91 Å². The zero-order valence-electron chi connectivity index (χ0n) is 12.4. The van der Waals surface area contributed by atoms with Crippen molar-refractivity contribution in [2.45, 2.75) is 6.42 Å². The average molecular weight is 326 g/mol. The van der Waals surface area contributed by atoms with Crippen LogP contribution in [0.2, 0.25) is 0 Å². The van der Waals surface area contributed by atoms with Gasteiger partial charge in [0.1, 0.15) is 0 Å². The maximum atomic E-state index is 13.9. The molecule has 0 fully saturated rings. The van der Waals surface area contributed by atoms with Crippen molar-refractivity contribution in [3.63, 3.8) is 0 Å². The number of rotatable bonds is 2. The van der Waals surface area contributed by atoms with Crippen molar-refractivity contribution in [3.05, 3.63) is 59.4 Å². The van der Waals surface area contributed by atoms with E-state index in [4.69, 9.17) is 0 Å². The van der Waals surface area contributed by atoms with Gasteiger partial charge in [0.2, 0.25) is 0 Å². The molecule has 0 bridgehead atoms. The minimum Gasteiger partial charge on any atom is -0.356 e. The van der Waals surface area contributed by atoms with Crippen molar-refractivity contribution >= 4 is 5.91 Å². The number of nitrogens with zero attached hydrogens (tertiary/aromatic N) is 2. The second kappa shape index (κ2) is 5.52. The highest BCUT2D eigenvalue weighted by atomic mass is 19.2. The van der Waals surface area contributed by atoms with Gasteiger partial charge in [-0.1, -0.05) is 6.07 Å². The third-order valence-corrected chi connectivity index (χ3v) is 3.93. The Labute approximate surface area is 135 Å². The molecule has 3 aromatic rings. The van der Waals surface area contributed by atoms with Gasteiger partial charge in [0, 0.05) is 24.9 Å². The van der Waals surface area contributed by atoms with Crippen LogP contribution in [0.4, 0.5) is 8.78 Å². The van der Waals surface area contributed by atoms with Crippen LogP contribution in [0.5, 0.6) is 0 Å². The normalized spacial score (nSPS) is 13.5. The van der Waals surface area contributed by atoms with Crippen LogP contribution in [-0.4, -0.2) is 27.4 Å². The molecule has 0 unspecified atom stereocenters. The summed E-state index contributed by atoms with van der Waals surface area (Å²) in [6, 6.07) is 7.22. The van der Waals surface area contributed by atoms with Crippen molar-refractivity contribution in [1.82, 2.24) is 20.3 Å². The van der Waals surface area contributed by atoms with Gasteiger partial charge >= 0.3 is 0 Å². The zero-order chi connectivity index (χ0) is 16.7. The molecule has 120 valence electrons. The van der Waals surface area contributed by atoms with Crippen LogP contribution in [0, 0.1) is 11.6 Å². The molecule has 0 spiro atoms. The number of hydrogen-bond donors (Lipinski definition) is 2. The zero-order valence-corrected chi connectivity index (χ0v) is 12.4. The van der Waals surface area contributed by atoms with E-state index >= 15 is 0 Å². The van der Waals surface area contributed by atoms with E-state index in [1.54, 1.807) is 12.1 Å². The molecular weight excluding hydrogens is 314 g/mol. The molecule has 1 aliphatic rings. The fourth-order valence-corrected chi connectivity index (χ4v) is 2.75. The highest BCUT2D eigenvalue weighted by Gasteiger charge is 2.21. The lowest BCUT2D eigenvalue weighted by Gasteiger charge is -2.10. The maximum absolute atomic E-state index is 13.9. The number of halogens is 2. The van der Waals surface area contributed by atoms with E-state index in [1.807, 2.05) is 0 Å². The number of aromatic amines is 1. The second-order valence-electron chi connectivity index (χ2n) is 5.45. The number of carbonyl (C=O) groups excluding carboxylic acids is 1. The Balaban J connectivity index is 1.78. The van der Waals surface area contributed by atoms with E-state index in [2.05, 4.69) is 20.3 Å². The van der Waals surface area contributed by atoms with E-state index < -0.39 is 11.6 Å². The number of H-pyrrole nitrogens is 1. The van der Waals surface area contributed by atoms with Gasteiger partial charge in [-0.3, -0.25) is 4.79 Å². The predicted octanol–water partition coefficient (Wildman–Crippen LogP) is 2.70. The number of fused-ring (bicyclic) bond motifs is 1. The van der Waals surface area contributed by atoms with Crippen molar-refractivity contribution in [2.24, 2.45) is 0 Å². The molecule has 5 nitrogen and oxygen atoms in total. The lowest BCUT2D eigenvalue weighted by Crippen LogP contribution is -2.31. The highest BCUT2D eigenvalue weighted by Crippen LogP contribution is 2.26. The molecule has 0 atom stereocenters. The average Bonchev–Trinajstić information content (AvgIpc) is 3.03. The van der Waals surface area contributed by atoms with Crippen LogP contribution >= 0.6 is 0 Å². The fourth-order valence-electron chi connectivity index (χ4n) is 2.75. The van der Waals surface area contributed by atoms with Gasteiger partial charge in [-0.15, -0.1) is 0 Å². The van der Waals surface area contributed by atoms with Crippen LogP contribution in [0.15, 0.2) is 36.5 Å². The van der Waals surface area contributed by atoms with E-state index in [1.165, 1.54) is 18.3 Å². The van der Waals surface area contributed by atoms with Crippen LogP contribution in [0.25, 0.3) is 22.8 Å². The molecule has 0 aliphatic carbocycles. The summed E-state index contributed by atoms with van der Waals surface area (Å²) in [5.41, 5.74) is 2.55. The van der Waals surface area contributed by atoms with E-state index in [0.717, 1.165) is 11.8 Å². The van der Waals surface area contributed by atoms with Crippen LogP contribution in [0.3, 0.4) is 0 Å². The Morgan fingerprint density at radius 1 is 1.12 bits per heavy atom. The van der Waals surface area contributed by atoms with Gasteiger partial charge in [0.05, 0.1) is 22.5 Å². The number of amides is 1. The summed E-state index contributed by atoms with van der Waals surface area (Å²) in [6.45, 7) is 0.579. The SMILES string of the molecule is O=C1NCCc2[nH]c(-c3ccnc(-c4cccc(F)c4F)n3)cc21. The summed E-state index contributed by atoms with van der Waals surface area (Å²) in [7, 11) is 0. The first kappa shape index (κ1) is 14.5. The van der Waals surface area contributed by atoms with Gasteiger partial charge in [-0.25, -0.2) is 18.7 Å². The number of benzene rings is 1. The Hall–Kier alpha value is -3.09.